The molecule has 0 bridgehead atoms. The van der Waals surface area contributed by atoms with Crippen LogP contribution in [0.4, 0.5) is 5.82 Å². The molecule has 2 aliphatic heterocycles. The third-order valence-electron chi connectivity index (χ3n) is 10.0. The Balaban J connectivity index is 1.32. The van der Waals surface area contributed by atoms with Gasteiger partial charge >= 0.3 is 5.97 Å². The van der Waals surface area contributed by atoms with Crippen molar-refractivity contribution in [1.29, 1.82) is 0 Å². The van der Waals surface area contributed by atoms with Crippen LogP contribution in [0.3, 0.4) is 0 Å². The second-order valence-corrected chi connectivity index (χ2v) is 14.1. The van der Waals surface area contributed by atoms with Gasteiger partial charge in [-0.2, -0.15) is 5.16 Å². The maximum atomic E-state index is 14.1. The average Bonchev–Trinajstić information content (AvgIpc) is 3.95. The van der Waals surface area contributed by atoms with Crippen LogP contribution in [0.5, 0.6) is 0 Å². The lowest BCUT2D eigenvalue weighted by atomic mass is 9.88. The summed E-state index contributed by atoms with van der Waals surface area (Å²) in [6, 6.07) is 9.67. The van der Waals surface area contributed by atoms with Gasteiger partial charge in [-0.15, -0.1) is 11.3 Å². The summed E-state index contributed by atoms with van der Waals surface area (Å²) >= 11 is 1.57. The van der Waals surface area contributed by atoms with Crippen molar-refractivity contribution in [2.75, 3.05) is 31.7 Å². The summed E-state index contributed by atoms with van der Waals surface area (Å²) < 4.78 is 18.2. The van der Waals surface area contributed by atoms with Crippen LogP contribution in [0.15, 0.2) is 52.0 Å². The lowest BCUT2D eigenvalue weighted by Gasteiger charge is -2.24. The van der Waals surface area contributed by atoms with E-state index < -0.39 is 5.97 Å². The molecule has 5 aromatic rings. The molecule has 2 atom stereocenters. The van der Waals surface area contributed by atoms with Crippen LogP contribution in [-0.2, 0) is 22.3 Å². The van der Waals surface area contributed by atoms with Crippen molar-refractivity contribution in [3.63, 3.8) is 0 Å². The second kappa shape index (κ2) is 13.9. The van der Waals surface area contributed by atoms with Crippen LogP contribution in [-0.4, -0.2) is 52.4 Å². The molecule has 7 heterocycles. The van der Waals surface area contributed by atoms with Crippen LogP contribution >= 0.6 is 11.3 Å². The molecule has 3 N–H and O–H groups in total. The Labute approximate surface area is 287 Å². The quantitative estimate of drug-likeness (QED) is 0.135. The fourth-order valence-corrected chi connectivity index (χ4v) is 8.79. The molecular weight excluding hydrogens is 641 g/mol. The Hall–Kier alpha value is -4.39. The number of carbonyl (C=O) groups excluding carboxylic acids is 1. The number of nitrogens with zero attached hydrogens (tertiary/aromatic N) is 3. The molecule has 0 saturated carbocycles. The highest BCUT2D eigenvalue weighted by Crippen LogP contribution is 2.47. The predicted molar refractivity (Wildman–Crippen MR) is 188 cm³/mol. The standard InChI is InChI=1S/C37H40N6O5S/c1-2-47-37(45)33-32(29-19-22-11-16-40-36(35(22)49-29)42-25-10-9-24-23(25)5-3-14-38-24)31(28-20-30(44)43-48-28)26(8-7-21-12-17-46-18-13-21)41-34(33)27-6-4-15-39-27/h3,5,11,14,16,19-21,25,27,39H,2,4,6-10,12-13,15,17-18H2,1H3,(H,40,42)(H,43,44)/t25-,27+/m1/s1. The zero-order valence-corrected chi connectivity index (χ0v) is 28.4. The van der Waals surface area contributed by atoms with E-state index in [0.29, 0.717) is 40.5 Å². The fraction of sp³-hybridized carbons (Fsp3) is 0.432. The van der Waals surface area contributed by atoms with Crippen molar-refractivity contribution < 1.29 is 18.8 Å². The number of pyridine rings is 3. The molecule has 8 rings (SSSR count). The number of aromatic nitrogens is 4. The molecule has 3 aliphatic rings. The largest absolute Gasteiger partial charge is 0.462 e. The smallest absolute Gasteiger partial charge is 0.340 e. The van der Waals surface area contributed by atoms with Crippen molar-refractivity contribution >= 4 is 33.2 Å². The number of thiophene rings is 1. The van der Waals surface area contributed by atoms with E-state index >= 15 is 0 Å². The van der Waals surface area contributed by atoms with E-state index in [2.05, 4.69) is 32.9 Å². The van der Waals surface area contributed by atoms with E-state index in [-0.39, 0.29) is 24.2 Å². The molecule has 254 valence electrons. The van der Waals surface area contributed by atoms with E-state index in [1.807, 2.05) is 31.5 Å². The molecule has 2 saturated heterocycles. The first-order valence-corrected chi connectivity index (χ1v) is 18.2. The van der Waals surface area contributed by atoms with Crippen LogP contribution in [0, 0.1) is 5.92 Å². The Bertz CT molecular complexity index is 2040. The van der Waals surface area contributed by atoms with Gasteiger partial charge in [-0.25, -0.2) is 9.78 Å². The minimum Gasteiger partial charge on any atom is -0.462 e. The summed E-state index contributed by atoms with van der Waals surface area (Å²) in [5.74, 6) is 1.21. The summed E-state index contributed by atoms with van der Waals surface area (Å²) in [7, 11) is 0. The van der Waals surface area contributed by atoms with Gasteiger partial charge in [0.2, 0.25) is 0 Å². The molecule has 5 aromatic heterocycles. The number of ether oxygens (including phenoxy) is 2. The van der Waals surface area contributed by atoms with Gasteiger partial charge in [-0.1, -0.05) is 6.07 Å². The Morgan fingerprint density at radius 3 is 2.80 bits per heavy atom. The number of carbonyl (C=O) groups is 1. The fourth-order valence-electron chi connectivity index (χ4n) is 7.63. The number of nitrogens with one attached hydrogen (secondary N) is 3. The van der Waals surface area contributed by atoms with Crippen LogP contribution in [0.25, 0.3) is 31.9 Å². The number of aryl methyl sites for hydroxylation is 2. The van der Waals surface area contributed by atoms with Crippen LogP contribution in [0.1, 0.15) is 90.5 Å². The van der Waals surface area contributed by atoms with E-state index in [4.69, 9.17) is 24.0 Å². The van der Waals surface area contributed by atoms with Gasteiger partial charge in [0, 0.05) is 41.7 Å². The lowest BCUT2D eigenvalue weighted by molar-refractivity contribution is 0.0524. The SMILES string of the molecule is CCOC(=O)c1c([C@@H]2CCCN2)nc(CCC2CCOCC2)c(-c2cc(=O)[nH]o2)c1-c1cc2ccnc(N[C@@H]3CCc4ncccc43)c2s1. The summed E-state index contributed by atoms with van der Waals surface area (Å²) in [5.41, 5.74) is 5.22. The summed E-state index contributed by atoms with van der Waals surface area (Å²) in [6.07, 6.45) is 10.9. The van der Waals surface area contributed by atoms with Gasteiger partial charge in [0.15, 0.2) is 5.76 Å². The van der Waals surface area contributed by atoms with Gasteiger partial charge in [0.25, 0.3) is 5.56 Å². The first kappa shape index (κ1) is 31.9. The van der Waals surface area contributed by atoms with Crippen molar-refractivity contribution in [3.05, 3.63) is 81.3 Å². The number of aromatic amines is 1. The molecule has 0 amide bonds. The number of anilines is 1. The molecule has 2 fully saturated rings. The Morgan fingerprint density at radius 2 is 2.00 bits per heavy atom. The van der Waals surface area contributed by atoms with Crippen molar-refractivity contribution in [2.24, 2.45) is 5.92 Å². The first-order valence-electron chi connectivity index (χ1n) is 17.4. The van der Waals surface area contributed by atoms with E-state index in [1.54, 1.807) is 11.3 Å². The molecule has 0 aromatic carbocycles. The normalized spacial score (nSPS) is 19.4. The van der Waals surface area contributed by atoms with Crippen molar-refractivity contribution in [3.8, 4) is 21.8 Å². The highest BCUT2D eigenvalue weighted by atomic mass is 32.1. The highest BCUT2D eigenvalue weighted by Gasteiger charge is 2.34. The first-order chi connectivity index (χ1) is 24.1. The number of hydrogen-bond donors (Lipinski definition) is 3. The van der Waals surface area contributed by atoms with Crippen molar-refractivity contribution in [2.45, 2.75) is 70.4 Å². The Kier molecular flexibility index (Phi) is 9.00. The van der Waals surface area contributed by atoms with Gasteiger partial charge in [-0.3, -0.25) is 14.8 Å². The minimum absolute atomic E-state index is 0.100. The summed E-state index contributed by atoms with van der Waals surface area (Å²) in [6.45, 7) is 4.40. The molecule has 0 unspecified atom stereocenters. The minimum atomic E-state index is -0.437. The predicted octanol–water partition coefficient (Wildman–Crippen LogP) is 6.76. The van der Waals surface area contributed by atoms with E-state index in [0.717, 1.165) is 96.9 Å². The monoisotopic (exact) mass is 680 g/mol. The molecule has 12 heteroatoms. The third kappa shape index (κ3) is 6.28. The third-order valence-corrected chi connectivity index (χ3v) is 11.2. The molecular formula is C37H40N6O5S. The van der Waals surface area contributed by atoms with Gasteiger partial charge in [0.05, 0.1) is 52.0 Å². The molecule has 11 nitrogen and oxygen atoms in total. The lowest BCUT2D eigenvalue weighted by Crippen LogP contribution is -2.22. The molecule has 49 heavy (non-hydrogen) atoms. The van der Waals surface area contributed by atoms with Crippen LogP contribution in [0.2, 0.25) is 0 Å². The summed E-state index contributed by atoms with van der Waals surface area (Å²) in [5, 5.41) is 10.8. The molecule has 0 spiro atoms. The van der Waals surface area contributed by atoms with Crippen LogP contribution < -0.4 is 16.2 Å². The number of hydrogen-bond acceptors (Lipinski definition) is 11. The van der Waals surface area contributed by atoms with Crippen molar-refractivity contribution in [1.82, 2.24) is 25.4 Å². The number of H-pyrrole nitrogens is 1. The topological polar surface area (TPSA) is 144 Å². The van der Waals surface area contributed by atoms with Gasteiger partial charge < -0.3 is 24.6 Å². The second-order valence-electron chi connectivity index (χ2n) is 13.1. The highest BCUT2D eigenvalue weighted by molar-refractivity contribution is 7.23. The van der Waals surface area contributed by atoms with E-state index in [9.17, 15) is 9.59 Å². The number of rotatable bonds is 10. The summed E-state index contributed by atoms with van der Waals surface area (Å²) in [4.78, 5) is 42.2. The number of esters is 1. The maximum absolute atomic E-state index is 14.1. The molecule has 1 aliphatic carbocycles. The average molecular weight is 681 g/mol. The molecule has 0 radical (unpaired) electrons. The Morgan fingerprint density at radius 1 is 1.10 bits per heavy atom. The maximum Gasteiger partial charge on any atom is 0.340 e. The zero-order chi connectivity index (χ0) is 33.3. The van der Waals surface area contributed by atoms with E-state index in [1.165, 1.54) is 11.6 Å². The van der Waals surface area contributed by atoms with Gasteiger partial charge in [-0.05, 0) is 99.9 Å². The number of fused-ring (bicyclic) bond motifs is 2. The van der Waals surface area contributed by atoms with Gasteiger partial charge in [0.1, 0.15) is 5.82 Å². The zero-order valence-electron chi connectivity index (χ0n) is 27.5.